The van der Waals surface area contributed by atoms with Crippen LogP contribution in [0.1, 0.15) is 89.1 Å². The Morgan fingerprint density at radius 3 is 2.24 bits per heavy atom. The van der Waals surface area contributed by atoms with Gasteiger partial charge in [-0.3, -0.25) is 9.69 Å². The van der Waals surface area contributed by atoms with Crippen molar-refractivity contribution < 1.29 is 9.53 Å². The summed E-state index contributed by atoms with van der Waals surface area (Å²) in [6, 6.07) is 16.3. The molecule has 5 heteroatoms. The summed E-state index contributed by atoms with van der Waals surface area (Å²) in [7, 11) is 0. The van der Waals surface area contributed by atoms with Crippen LogP contribution < -0.4 is 10.6 Å². The maximum atomic E-state index is 12.7. The Bertz CT molecular complexity index is 922. The smallest absolute Gasteiger partial charge is 0.255 e. The molecule has 204 valence electrons. The van der Waals surface area contributed by atoms with Gasteiger partial charge in [-0.15, -0.1) is 0 Å². The highest BCUT2D eigenvalue weighted by atomic mass is 16.5. The first-order valence-corrected chi connectivity index (χ1v) is 14.5. The molecule has 0 aliphatic heterocycles. The summed E-state index contributed by atoms with van der Waals surface area (Å²) in [5, 5.41) is 6.59. The minimum atomic E-state index is -0.0942. The molecular weight excluding hydrogens is 458 g/mol. The minimum absolute atomic E-state index is 0.0942. The van der Waals surface area contributed by atoms with Crippen LogP contribution in [0.2, 0.25) is 0 Å². The molecular formula is C32H49N3O2. The number of carbonyl (C=O) groups excluding carboxylic acids is 1. The summed E-state index contributed by atoms with van der Waals surface area (Å²) in [5.74, 6) is 1.28. The number of ether oxygens (including phenoxy) is 1. The molecule has 0 radical (unpaired) electrons. The summed E-state index contributed by atoms with van der Waals surface area (Å²) in [5.41, 5.74) is 3.64. The quantitative estimate of drug-likeness (QED) is 0.246. The Labute approximate surface area is 225 Å². The summed E-state index contributed by atoms with van der Waals surface area (Å²) in [6.45, 7) is 15.4. The van der Waals surface area contributed by atoms with Crippen molar-refractivity contribution in [3.63, 3.8) is 0 Å². The highest BCUT2D eigenvalue weighted by molar-refractivity contribution is 6.04. The van der Waals surface area contributed by atoms with E-state index in [0.29, 0.717) is 30.2 Å². The number of hydrogen-bond acceptors (Lipinski definition) is 4. The predicted octanol–water partition coefficient (Wildman–Crippen LogP) is 7.59. The molecule has 37 heavy (non-hydrogen) atoms. The highest BCUT2D eigenvalue weighted by Gasteiger charge is 2.21. The summed E-state index contributed by atoms with van der Waals surface area (Å²) < 4.78 is 5.86. The van der Waals surface area contributed by atoms with E-state index in [1.807, 2.05) is 48.5 Å². The molecule has 0 bridgehead atoms. The van der Waals surface area contributed by atoms with E-state index in [9.17, 15) is 4.79 Å². The molecule has 5 nitrogen and oxygen atoms in total. The molecule has 3 rings (SSSR count). The van der Waals surface area contributed by atoms with Crippen LogP contribution >= 0.6 is 0 Å². The number of nitrogens with zero attached hydrogens (tertiary/aromatic N) is 1. The third-order valence-corrected chi connectivity index (χ3v) is 7.61. The molecule has 1 aliphatic rings. The van der Waals surface area contributed by atoms with E-state index in [2.05, 4.69) is 50.2 Å². The fourth-order valence-corrected chi connectivity index (χ4v) is 5.25. The van der Waals surface area contributed by atoms with Crippen molar-refractivity contribution in [2.75, 3.05) is 30.3 Å². The number of amides is 1. The van der Waals surface area contributed by atoms with E-state index in [1.54, 1.807) is 0 Å². The number of benzene rings is 2. The molecule has 2 aromatic carbocycles. The van der Waals surface area contributed by atoms with Crippen molar-refractivity contribution >= 4 is 17.3 Å². The van der Waals surface area contributed by atoms with Crippen LogP contribution in [0.4, 0.5) is 11.4 Å². The van der Waals surface area contributed by atoms with Crippen LogP contribution in [0.15, 0.2) is 48.5 Å². The largest absolute Gasteiger partial charge is 0.384 e. The van der Waals surface area contributed by atoms with Crippen molar-refractivity contribution in [2.24, 2.45) is 11.8 Å². The Balaban J connectivity index is 1.46. The molecule has 1 amide bonds. The van der Waals surface area contributed by atoms with Gasteiger partial charge in [0.25, 0.3) is 5.91 Å². The highest BCUT2D eigenvalue weighted by Crippen LogP contribution is 2.23. The van der Waals surface area contributed by atoms with Crippen LogP contribution in [0.3, 0.4) is 0 Å². The molecule has 1 saturated carbocycles. The van der Waals surface area contributed by atoms with Crippen molar-refractivity contribution in [2.45, 2.75) is 91.9 Å². The predicted molar refractivity (Wildman–Crippen MR) is 156 cm³/mol. The van der Waals surface area contributed by atoms with Gasteiger partial charge in [-0.1, -0.05) is 53.2 Å². The van der Waals surface area contributed by atoms with Gasteiger partial charge >= 0.3 is 0 Å². The summed E-state index contributed by atoms with van der Waals surface area (Å²) in [4.78, 5) is 15.4. The Morgan fingerprint density at radius 1 is 1.00 bits per heavy atom. The van der Waals surface area contributed by atoms with E-state index in [4.69, 9.17) is 4.74 Å². The first-order valence-electron chi connectivity index (χ1n) is 14.5. The lowest BCUT2D eigenvalue weighted by Gasteiger charge is -2.36. The van der Waals surface area contributed by atoms with Gasteiger partial charge in [-0.2, -0.15) is 0 Å². The lowest BCUT2D eigenvalue weighted by atomic mass is 9.96. The molecule has 0 heterocycles. The zero-order valence-corrected chi connectivity index (χ0v) is 23.8. The topological polar surface area (TPSA) is 53.6 Å². The maximum Gasteiger partial charge on any atom is 0.255 e. The second kappa shape index (κ2) is 15.1. The SMILES string of the molecule is CCCC(C)CN(CCNc1ccc(NC(=O)c2ccc(COC3CCC3)cc2)cc1)C(CC)C(C)C. The average Bonchev–Trinajstić information content (AvgIpc) is 2.84. The second-order valence-electron chi connectivity index (χ2n) is 11.1. The lowest BCUT2D eigenvalue weighted by molar-refractivity contribution is -0.00866. The van der Waals surface area contributed by atoms with Gasteiger partial charge in [-0.05, 0) is 85.9 Å². The van der Waals surface area contributed by atoms with Gasteiger partial charge in [0.1, 0.15) is 0 Å². The van der Waals surface area contributed by atoms with Crippen molar-refractivity contribution in [3.05, 3.63) is 59.7 Å². The van der Waals surface area contributed by atoms with E-state index in [0.717, 1.165) is 42.5 Å². The molecule has 2 N–H and O–H groups in total. The fourth-order valence-electron chi connectivity index (χ4n) is 5.25. The van der Waals surface area contributed by atoms with E-state index in [1.165, 1.54) is 38.5 Å². The first kappa shape index (κ1) is 29.2. The van der Waals surface area contributed by atoms with Crippen LogP contribution in [0.25, 0.3) is 0 Å². The molecule has 0 spiro atoms. The molecule has 2 unspecified atom stereocenters. The first-order chi connectivity index (χ1) is 17.9. The molecule has 1 aliphatic carbocycles. The number of anilines is 2. The maximum absolute atomic E-state index is 12.7. The van der Waals surface area contributed by atoms with Crippen LogP contribution in [-0.4, -0.2) is 42.6 Å². The van der Waals surface area contributed by atoms with E-state index in [-0.39, 0.29) is 5.91 Å². The Hall–Kier alpha value is -2.37. The summed E-state index contributed by atoms with van der Waals surface area (Å²) in [6.07, 6.45) is 7.74. The van der Waals surface area contributed by atoms with Crippen LogP contribution in [0, 0.1) is 11.8 Å². The third-order valence-electron chi connectivity index (χ3n) is 7.61. The minimum Gasteiger partial charge on any atom is -0.384 e. The third kappa shape index (κ3) is 9.46. The molecule has 0 saturated heterocycles. The van der Waals surface area contributed by atoms with Crippen LogP contribution in [0.5, 0.6) is 0 Å². The molecule has 0 aromatic heterocycles. The zero-order valence-electron chi connectivity index (χ0n) is 23.8. The Morgan fingerprint density at radius 2 is 1.68 bits per heavy atom. The molecule has 2 atom stereocenters. The van der Waals surface area contributed by atoms with Gasteiger partial charge in [0.15, 0.2) is 0 Å². The normalized spacial score (nSPS) is 15.4. The van der Waals surface area contributed by atoms with Crippen molar-refractivity contribution in [3.8, 4) is 0 Å². The van der Waals surface area contributed by atoms with Gasteiger partial charge in [0, 0.05) is 42.6 Å². The monoisotopic (exact) mass is 507 g/mol. The number of carbonyl (C=O) groups is 1. The van der Waals surface area contributed by atoms with E-state index >= 15 is 0 Å². The fraction of sp³-hybridized carbons (Fsp3) is 0.594. The van der Waals surface area contributed by atoms with Gasteiger partial charge in [-0.25, -0.2) is 0 Å². The van der Waals surface area contributed by atoms with Gasteiger partial charge in [0.2, 0.25) is 0 Å². The lowest BCUT2D eigenvalue weighted by Crippen LogP contribution is -2.43. The van der Waals surface area contributed by atoms with Crippen LogP contribution in [-0.2, 0) is 11.3 Å². The number of hydrogen-bond donors (Lipinski definition) is 2. The standard InChI is InChI=1S/C32H49N3O2/c1-6-9-25(5)22-35(31(7-2)24(3)4)21-20-33-28-16-18-29(19-17-28)34-32(36)27-14-12-26(13-15-27)23-37-30-10-8-11-30/h12-19,24-25,30-31,33H,6-11,20-23H2,1-5H3,(H,34,36). The molecule has 1 fully saturated rings. The van der Waals surface area contributed by atoms with Crippen molar-refractivity contribution in [1.29, 1.82) is 0 Å². The second-order valence-corrected chi connectivity index (χ2v) is 11.1. The summed E-state index contributed by atoms with van der Waals surface area (Å²) >= 11 is 0. The molecule has 2 aromatic rings. The zero-order chi connectivity index (χ0) is 26.6. The van der Waals surface area contributed by atoms with Gasteiger partial charge < -0.3 is 15.4 Å². The van der Waals surface area contributed by atoms with E-state index < -0.39 is 0 Å². The number of rotatable bonds is 16. The van der Waals surface area contributed by atoms with Gasteiger partial charge in [0.05, 0.1) is 12.7 Å². The number of nitrogens with one attached hydrogen (secondary N) is 2. The average molecular weight is 508 g/mol. The Kier molecular flexibility index (Phi) is 11.9. The van der Waals surface area contributed by atoms with Crippen molar-refractivity contribution in [1.82, 2.24) is 4.90 Å².